The standard InChI is InChI=1S/C23H20F3N3O2/c24-17-6-7-18(25)21(20(17)26)28-22-15-3-1-2-14(13-4-5-13)19(15)16(12-27-22)23(30)29-8-10-31-11-9-29/h1-3,6-7,12-13H,4-5,8-11H2,(H,27,28). The number of benzene rings is 2. The quantitative estimate of drug-likeness (QED) is 0.611. The van der Waals surface area contributed by atoms with Gasteiger partial charge in [0.25, 0.3) is 5.91 Å². The molecule has 1 aliphatic carbocycles. The molecule has 5 rings (SSSR count). The van der Waals surface area contributed by atoms with Crippen molar-refractivity contribution < 1.29 is 22.7 Å². The van der Waals surface area contributed by atoms with Crippen LogP contribution in [-0.4, -0.2) is 42.1 Å². The Morgan fingerprint density at radius 1 is 1.06 bits per heavy atom. The number of halogens is 3. The molecule has 1 N–H and O–H groups in total. The number of carbonyl (C=O) groups is 1. The van der Waals surface area contributed by atoms with Crippen LogP contribution < -0.4 is 5.32 Å². The predicted molar refractivity (Wildman–Crippen MR) is 110 cm³/mol. The van der Waals surface area contributed by atoms with E-state index in [9.17, 15) is 18.0 Å². The maximum atomic E-state index is 14.2. The summed E-state index contributed by atoms with van der Waals surface area (Å²) in [5.41, 5.74) is 0.850. The Balaban J connectivity index is 1.64. The van der Waals surface area contributed by atoms with Crippen LogP contribution in [0.4, 0.5) is 24.7 Å². The summed E-state index contributed by atoms with van der Waals surface area (Å²) >= 11 is 0. The number of hydrogen-bond acceptors (Lipinski definition) is 4. The highest BCUT2D eigenvalue weighted by Gasteiger charge is 2.30. The molecule has 2 aliphatic rings. The zero-order valence-electron chi connectivity index (χ0n) is 16.6. The number of nitrogens with one attached hydrogen (secondary N) is 1. The Bertz CT molecular complexity index is 1170. The molecule has 0 radical (unpaired) electrons. The Morgan fingerprint density at radius 3 is 2.55 bits per heavy atom. The predicted octanol–water partition coefficient (Wildman–Crippen LogP) is 4.75. The second-order valence-electron chi connectivity index (χ2n) is 7.81. The molecule has 0 atom stereocenters. The lowest BCUT2D eigenvalue weighted by atomic mass is 9.97. The first-order valence-corrected chi connectivity index (χ1v) is 10.2. The van der Waals surface area contributed by atoms with Gasteiger partial charge in [0.05, 0.1) is 18.8 Å². The molecule has 1 saturated carbocycles. The van der Waals surface area contributed by atoms with E-state index >= 15 is 0 Å². The highest BCUT2D eigenvalue weighted by atomic mass is 19.2. The summed E-state index contributed by atoms with van der Waals surface area (Å²) in [4.78, 5) is 19.3. The third-order valence-corrected chi connectivity index (χ3v) is 5.78. The minimum Gasteiger partial charge on any atom is -0.378 e. The molecule has 5 nitrogen and oxygen atoms in total. The first kappa shape index (κ1) is 19.8. The number of morpholine rings is 1. The topological polar surface area (TPSA) is 54.5 Å². The normalized spacial score (nSPS) is 16.5. The molecule has 1 saturated heterocycles. The van der Waals surface area contributed by atoms with Gasteiger partial charge in [0.15, 0.2) is 11.6 Å². The lowest BCUT2D eigenvalue weighted by molar-refractivity contribution is 0.0304. The van der Waals surface area contributed by atoms with Crippen LogP contribution in [0.2, 0.25) is 0 Å². The van der Waals surface area contributed by atoms with E-state index in [1.807, 2.05) is 12.1 Å². The van der Waals surface area contributed by atoms with Gasteiger partial charge in [-0.2, -0.15) is 0 Å². The first-order chi connectivity index (χ1) is 15.0. The highest BCUT2D eigenvalue weighted by molar-refractivity contribution is 6.11. The second kappa shape index (κ2) is 7.85. The number of amides is 1. The minimum atomic E-state index is -1.32. The van der Waals surface area contributed by atoms with Gasteiger partial charge in [-0.25, -0.2) is 18.2 Å². The van der Waals surface area contributed by atoms with Crippen molar-refractivity contribution >= 4 is 28.2 Å². The average molecular weight is 427 g/mol. The van der Waals surface area contributed by atoms with Gasteiger partial charge >= 0.3 is 0 Å². The molecule has 2 aromatic carbocycles. The smallest absolute Gasteiger partial charge is 0.256 e. The average Bonchev–Trinajstić information content (AvgIpc) is 3.64. The molecular formula is C23H20F3N3O2. The monoisotopic (exact) mass is 427 g/mol. The molecule has 2 heterocycles. The number of hydrogen-bond donors (Lipinski definition) is 1. The molecule has 0 spiro atoms. The fourth-order valence-corrected chi connectivity index (χ4v) is 4.02. The van der Waals surface area contributed by atoms with Crippen molar-refractivity contribution in [3.05, 3.63) is 65.1 Å². The molecule has 8 heteroatoms. The van der Waals surface area contributed by atoms with Crippen LogP contribution in [0.3, 0.4) is 0 Å². The Hall–Kier alpha value is -3.13. The maximum Gasteiger partial charge on any atom is 0.256 e. The van der Waals surface area contributed by atoms with Crippen LogP contribution in [0, 0.1) is 17.5 Å². The van der Waals surface area contributed by atoms with E-state index in [0.717, 1.165) is 35.9 Å². The van der Waals surface area contributed by atoms with E-state index in [1.165, 1.54) is 6.20 Å². The summed E-state index contributed by atoms with van der Waals surface area (Å²) in [7, 11) is 0. The Morgan fingerprint density at radius 2 is 1.81 bits per heavy atom. The van der Waals surface area contributed by atoms with Crippen LogP contribution in [-0.2, 0) is 4.74 Å². The molecule has 31 heavy (non-hydrogen) atoms. The minimum absolute atomic E-state index is 0.149. The number of nitrogens with zero attached hydrogens (tertiary/aromatic N) is 2. The number of ether oxygens (including phenoxy) is 1. The van der Waals surface area contributed by atoms with Crippen LogP contribution in [0.15, 0.2) is 36.5 Å². The number of aromatic nitrogens is 1. The first-order valence-electron chi connectivity index (χ1n) is 10.2. The third-order valence-electron chi connectivity index (χ3n) is 5.78. The number of pyridine rings is 1. The van der Waals surface area contributed by atoms with E-state index in [0.29, 0.717) is 43.2 Å². The molecule has 2 fully saturated rings. The van der Waals surface area contributed by atoms with E-state index < -0.39 is 23.1 Å². The van der Waals surface area contributed by atoms with Crippen molar-refractivity contribution in [3.8, 4) is 0 Å². The van der Waals surface area contributed by atoms with Crippen LogP contribution in [0.25, 0.3) is 10.8 Å². The van der Waals surface area contributed by atoms with Gasteiger partial charge in [-0.3, -0.25) is 4.79 Å². The molecule has 0 unspecified atom stereocenters. The summed E-state index contributed by atoms with van der Waals surface area (Å²) in [6, 6.07) is 7.15. The van der Waals surface area contributed by atoms with Crippen molar-refractivity contribution in [3.63, 3.8) is 0 Å². The van der Waals surface area contributed by atoms with Crippen LogP contribution in [0.1, 0.15) is 34.7 Å². The van der Waals surface area contributed by atoms with Crippen molar-refractivity contribution in [2.45, 2.75) is 18.8 Å². The highest BCUT2D eigenvalue weighted by Crippen LogP contribution is 2.45. The van der Waals surface area contributed by atoms with Gasteiger partial charge in [-0.1, -0.05) is 18.2 Å². The summed E-state index contributed by atoms with van der Waals surface area (Å²) < 4.78 is 47.5. The SMILES string of the molecule is O=C(c1cnc(Nc2c(F)ccc(F)c2F)c2cccc(C3CC3)c12)N1CCOCC1. The maximum absolute atomic E-state index is 14.2. The fraction of sp³-hybridized carbons (Fsp3) is 0.304. The van der Waals surface area contributed by atoms with Crippen molar-refractivity contribution in [1.29, 1.82) is 0 Å². The van der Waals surface area contributed by atoms with Gasteiger partial charge in [0.2, 0.25) is 0 Å². The van der Waals surface area contributed by atoms with Gasteiger partial charge in [-0.15, -0.1) is 0 Å². The number of anilines is 2. The molecular weight excluding hydrogens is 407 g/mol. The van der Waals surface area contributed by atoms with E-state index in [4.69, 9.17) is 4.74 Å². The van der Waals surface area contributed by atoms with E-state index in [2.05, 4.69) is 10.3 Å². The number of fused-ring (bicyclic) bond motifs is 1. The largest absolute Gasteiger partial charge is 0.378 e. The molecule has 160 valence electrons. The van der Waals surface area contributed by atoms with Crippen molar-refractivity contribution in [2.24, 2.45) is 0 Å². The van der Waals surface area contributed by atoms with Gasteiger partial charge in [-0.05, 0) is 36.5 Å². The molecule has 3 aromatic rings. The second-order valence-corrected chi connectivity index (χ2v) is 7.81. The Kier molecular flexibility index (Phi) is 5.02. The van der Waals surface area contributed by atoms with Crippen molar-refractivity contribution in [2.75, 3.05) is 31.6 Å². The molecule has 1 aromatic heterocycles. The van der Waals surface area contributed by atoms with Crippen LogP contribution in [0.5, 0.6) is 0 Å². The van der Waals surface area contributed by atoms with Crippen molar-refractivity contribution in [1.82, 2.24) is 9.88 Å². The summed E-state index contributed by atoms with van der Waals surface area (Å²) in [6.07, 6.45) is 3.47. The van der Waals surface area contributed by atoms with E-state index in [1.54, 1.807) is 11.0 Å². The van der Waals surface area contributed by atoms with Gasteiger partial charge in [0, 0.05) is 30.1 Å². The molecule has 1 amide bonds. The zero-order valence-corrected chi connectivity index (χ0v) is 16.6. The van der Waals surface area contributed by atoms with Crippen LogP contribution >= 0.6 is 0 Å². The lowest BCUT2D eigenvalue weighted by Crippen LogP contribution is -2.40. The fourth-order valence-electron chi connectivity index (χ4n) is 4.02. The number of rotatable bonds is 4. The third kappa shape index (κ3) is 3.61. The molecule has 1 aliphatic heterocycles. The summed E-state index contributed by atoms with van der Waals surface area (Å²) in [5, 5.41) is 3.89. The summed E-state index contributed by atoms with van der Waals surface area (Å²) in [5.74, 6) is -3.06. The van der Waals surface area contributed by atoms with Gasteiger partial charge in [0.1, 0.15) is 17.3 Å². The molecule has 0 bridgehead atoms. The van der Waals surface area contributed by atoms with Gasteiger partial charge < -0.3 is 15.0 Å². The number of carbonyl (C=O) groups excluding carboxylic acids is 1. The summed E-state index contributed by atoms with van der Waals surface area (Å²) in [6.45, 7) is 1.94. The lowest BCUT2D eigenvalue weighted by Gasteiger charge is -2.27. The Labute approximate surface area is 176 Å². The zero-order chi connectivity index (χ0) is 21.5. The van der Waals surface area contributed by atoms with E-state index in [-0.39, 0.29) is 11.7 Å².